The first-order chi connectivity index (χ1) is 22.2. The number of benzene rings is 4. The van der Waals surface area contributed by atoms with E-state index in [9.17, 15) is 0 Å². The molecule has 0 heterocycles. The van der Waals surface area contributed by atoms with Gasteiger partial charge in [-0.25, -0.2) is 0 Å². The molecule has 0 unspecified atom stereocenters. The van der Waals surface area contributed by atoms with E-state index in [4.69, 9.17) is 0 Å². The van der Waals surface area contributed by atoms with Crippen molar-refractivity contribution in [3.05, 3.63) is 107 Å². The first-order valence-electron chi connectivity index (χ1n) is 17.4. The SMILES string of the molecule is CC(C)c1cc(C(C)C)c(B(N(C)C)N(C)Cc2cc(-c3ccccc3)c(B(N(C)C)N(C)C)c(-c3ccccc3)c2)c(C(C)C)c1. The molecule has 0 aliphatic rings. The van der Waals surface area contributed by atoms with E-state index in [-0.39, 0.29) is 14.0 Å². The fourth-order valence-corrected chi connectivity index (χ4v) is 7.33. The summed E-state index contributed by atoms with van der Waals surface area (Å²) in [5, 5.41) is 0. The van der Waals surface area contributed by atoms with Crippen molar-refractivity contribution >= 4 is 24.9 Å². The molecule has 4 nitrogen and oxygen atoms in total. The molecular formula is C41H58B2N4. The zero-order chi connectivity index (χ0) is 34.6. The van der Waals surface area contributed by atoms with Crippen LogP contribution in [0.4, 0.5) is 0 Å². The molecule has 0 saturated carbocycles. The highest BCUT2D eigenvalue weighted by molar-refractivity contribution is 6.71. The van der Waals surface area contributed by atoms with Crippen molar-refractivity contribution in [2.24, 2.45) is 0 Å². The predicted molar refractivity (Wildman–Crippen MR) is 209 cm³/mol. The maximum atomic E-state index is 2.55. The lowest BCUT2D eigenvalue weighted by Crippen LogP contribution is -2.58. The summed E-state index contributed by atoms with van der Waals surface area (Å²) in [6.07, 6.45) is 0. The molecule has 248 valence electrons. The average molecular weight is 629 g/mol. The van der Waals surface area contributed by atoms with E-state index in [1.165, 1.54) is 55.4 Å². The Balaban J connectivity index is 1.96. The Morgan fingerprint density at radius 2 is 0.894 bits per heavy atom. The van der Waals surface area contributed by atoms with Gasteiger partial charge < -0.3 is 19.2 Å². The van der Waals surface area contributed by atoms with E-state index in [0.717, 1.165) is 6.54 Å². The lowest BCUT2D eigenvalue weighted by atomic mass is 9.58. The lowest BCUT2D eigenvalue weighted by molar-refractivity contribution is 0.459. The fourth-order valence-electron chi connectivity index (χ4n) is 7.33. The molecule has 0 aliphatic heterocycles. The molecule has 4 rings (SSSR count). The Bertz CT molecular complexity index is 1500. The second kappa shape index (κ2) is 15.8. The monoisotopic (exact) mass is 628 g/mol. The zero-order valence-electron chi connectivity index (χ0n) is 31.5. The highest BCUT2D eigenvalue weighted by atomic mass is 15.2. The number of nitrogens with zero attached hydrogens (tertiary/aromatic N) is 4. The van der Waals surface area contributed by atoms with Crippen molar-refractivity contribution in [3.63, 3.8) is 0 Å². The summed E-state index contributed by atoms with van der Waals surface area (Å²) in [6, 6.07) is 31.8. The van der Waals surface area contributed by atoms with Crippen molar-refractivity contribution in [3.8, 4) is 22.3 Å². The largest absolute Gasteiger partial charge is 0.346 e. The minimum Gasteiger partial charge on any atom is -0.330 e. The van der Waals surface area contributed by atoms with E-state index >= 15 is 0 Å². The van der Waals surface area contributed by atoms with Gasteiger partial charge in [-0.15, -0.1) is 0 Å². The van der Waals surface area contributed by atoms with Gasteiger partial charge in [-0.05, 0) is 123 Å². The van der Waals surface area contributed by atoms with E-state index in [0.29, 0.717) is 17.8 Å². The van der Waals surface area contributed by atoms with Gasteiger partial charge in [0, 0.05) is 6.54 Å². The molecule has 0 fully saturated rings. The Labute approximate surface area is 288 Å². The first-order valence-corrected chi connectivity index (χ1v) is 17.4. The summed E-state index contributed by atoms with van der Waals surface area (Å²) < 4.78 is 0. The standard InChI is InChI=1S/C41H58B2N4/c1-29(2)35-26-36(30(3)4)40(37(27-35)31(5)6)43(46(11)12)47(13)28-32-24-38(33-20-16-14-17-21-33)41(42(44(7)8)45(9)10)39(25-32)34-22-18-15-19-23-34/h14-27,29-31H,28H2,1-13H3. The third-order valence-corrected chi connectivity index (χ3v) is 9.42. The quantitative estimate of drug-likeness (QED) is 0.142. The van der Waals surface area contributed by atoms with Gasteiger partial charge in [0.15, 0.2) is 0 Å². The zero-order valence-corrected chi connectivity index (χ0v) is 31.5. The van der Waals surface area contributed by atoms with Crippen LogP contribution in [0.3, 0.4) is 0 Å². The van der Waals surface area contributed by atoms with Crippen LogP contribution in [0.2, 0.25) is 0 Å². The van der Waals surface area contributed by atoms with Crippen LogP contribution < -0.4 is 10.9 Å². The maximum absolute atomic E-state index is 2.55. The summed E-state index contributed by atoms with van der Waals surface area (Å²) in [5.74, 6) is 1.36. The summed E-state index contributed by atoms with van der Waals surface area (Å²) >= 11 is 0. The third kappa shape index (κ3) is 8.29. The fraction of sp³-hybridized carbons (Fsp3) is 0.415. The molecule has 0 aliphatic carbocycles. The molecule has 0 N–H and O–H groups in total. The lowest BCUT2D eigenvalue weighted by Gasteiger charge is -2.36. The van der Waals surface area contributed by atoms with E-state index in [1.807, 2.05) is 0 Å². The van der Waals surface area contributed by atoms with Gasteiger partial charge in [0.2, 0.25) is 0 Å². The maximum Gasteiger partial charge on any atom is 0.346 e. The third-order valence-electron chi connectivity index (χ3n) is 9.42. The minimum atomic E-state index is 0.100. The Morgan fingerprint density at radius 3 is 1.23 bits per heavy atom. The number of rotatable bonds is 13. The second-order valence-electron chi connectivity index (χ2n) is 15.0. The topological polar surface area (TPSA) is 13.0 Å². The smallest absolute Gasteiger partial charge is 0.330 e. The van der Waals surface area contributed by atoms with Crippen LogP contribution in [0, 0.1) is 0 Å². The van der Waals surface area contributed by atoms with Crippen LogP contribution in [0.25, 0.3) is 22.3 Å². The van der Waals surface area contributed by atoms with Crippen LogP contribution in [-0.4, -0.2) is 82.5 Å². The summed E-state index contributed by atoms with van der Waals surface area (Å²) in [5.41, 5.74) is 13.6. The van der Waals surface area contributed by atoms with Gasteiger partial charge in [0.05, 0.1) is 0 Å². The highest BCUT2D eigenvalue weighted by Crippen LogP contribution is 2.30. The summed E-state index contributed by atoms with van der Waals surface area (Å²) in [7, 11) is 15.5. The van der Waals surface area contributed by atoms with Crippen molar-refractivity contribution in [1.29, 1.82) is 0 Å². The van der Waals surface area contributed by atoms with Gasteiger partial charge in [0.1, 0.15) is 0 Å². The molecule has 0 amide bonds. The van der Waals surface area contributed by atoms with Crippen LogP contribution in [0.5, 0.6) is 0 Å². The minimum absolute atomic E-state index is 0.100. The first kappa shape index (κ1) is 36.7. The van der Waals surface area contributed by atoms with E-state index < -0.39 is 0 Å². The second-order valence-corrected chi connectivity index (χ2v) is 15.0. The van der Waals surface area contributed by atoms with Gasteiger partial charge in [0.25, 0.3) is 0 Å². The molecule has 0 atom stereocenters. The van der Waals surface area contributed by atoms with Crippen LogP contribution in [0.15, 0.2) is 84.9 Å². The Morgan fingerprint density at radius 1 is 0.489 bits per heavy atom. The van der Waals surface area contributed by atoms with Gasteiger partial charge >= 0.3 is 14.0 Å². The van der Waals surface area contributed by atoms with Gasteiger partial charge in [-0.3, -0.25) is 0 Å². The van der Waals surface area contributed by atoms with Crippen LogP contribution in [-0.2, 0) is 6.54 Å². The van der Waals surface area contributed by atoms with E-state index in [1.54, 1.807) is 0 Å². The molecule has 0 saturated heterocycles. The molecule has 4 aromatic rings. The van der Waals surface area contributed by atoms with Crippen molar-refractivity contribution in [2.75, 3.05) is 49.3 Å². The molecule has 47 heavy (non-hydrogen) atoms. The van der Waals surface area contributed by atoms with Crippen LogP contribution >= 0.6 is 0 Å². The average Bonchev–Trinajstić information content (AvgIpc) is 3.01. The number of hydrogen-bond acceptors (Lipinski definition) is 4. The molecule has 0 radical (unpaired) electrons. The molecule has 0 spiro atoms. The molecular weight excluding hydrogens is 570 g/mol. The molecule has 4 aromatic carbocycles. The van der Waals surface area contributed by atoms with E-state index in [2.05, 4.69) is 195 Å². The Hall–Kier alpha value is -3.15. The molecule has 6 heteroatoms. The van der Waals surface area contributed by atoms with Crippen molar-refractivity contribution < 1.29 is 0 Å². The summed E-state index contributed by atoms with van der Waals surface area (Å²) in [4.78, 5) is 9.60. The number of hydrogen-bond donors (Lipinski definition) is 0. The van der Waals surface area contributed by atoms with Gasteiger partial charge in [-0.2, -0.15) is 0 Å². The summed E-state index contributed by atoms with van der Waals surface area (Å²) in [6.45, 7) is 15.1. The van der Waals surface area contributed by atoms with Gasteiger partial charge in [-0.1, -0.05) is 126 Å². The van der Waals surface area contributed by atoms with Crippen molar-refractivity contribution in [2.45, 2.75) is 65.8 Å². The molecule has 0 aromatic heterocycles. The molecule has 0 bridgehead atoms. The predicted octanol–water partition coefficient (Wildman–Crippen LogP) is 7.60. The normalized spacial score (nSPS) is 12.1. The highest BCUT2D eigenvalue weighted by Gasteiger charge is 2.34. The van der Waals surface area contributed by atoms with Crippen LogP contribution in [0.1, 0.15) is 81.5 Å². The Kier molecular flexibility index (Phi) is 12.4. The van der Waals surface area contributed by atoms with Crippen molar-refractivity contribution in [1.82, 2.24) is 19.2 Å².